The topological polar surface area (TPSA) is 34.2 Å². The molecule has 2 heterocycles. The van der Waals surface area contributed by atoms with Crippen molar-refractivity contribution < 1.29 is 0 Å². The molecule has 1 aromatic heterocycles. The molecule has 3 rings (SSSR count). The van der Waals surface area contributed by atoms with Gasteiger partial charge in [-0.05, 0) is 55.8 Å². The Morgan fingerprint density at radius 2 is 2.21 bits per heavy atom. The summed E-state index contributed by atoms with van der Waals surface area (Å²) in [6.07, 6.45) is 5.88. The van der Waals surface area contributed by atoms with E-state index in [0.717, 1.165) is 12.3 Å². The lowest BCUT2D eigenvalue weighted by atomic mass is 9.74. The van der Waals surface area contributed by atoms with Gasteiger partial charge in [-0.15, -0.1) is 0 Å². The Hall–Kier alpha value is -0.800. The molecule has 1 aliphatic heterocycles. The lowest BCUT2D eigenvalue weighted by Gasteiger charge is -2.34. The molecule has 1 aliphatic carbocycles. The highest BCUT2D eigenvalue weighted by Gasteiger charge is 2.33. The Bertz CT molecular complexity index is 461. The molecule has 0 radical (unpaired) electrons. The van der Waals surface area contributed by atoms with Gasteiger partial charge in [0.2, 0.25) is 0 Å². The monoisotopic (exact) mass is 261 g/mol. The second kappa shape index (κ2) is 4.64. The first kappa shape index (κ1) is 13.2. The maximum atomic E-state index is 6.34. The SMILES string of the molecule is CN1CCC(Cn2ccc3c2CC(C)(C)CC3N)C1. The Morgan fingerprint density at radius 1 is 1.42 bits per heavy atom. The minimum atomic E-state index is 0.228. The van der Waals surface area contributed by atoms with E-state index in [1.54, 1.807) is 0 Å². The maximum absolute atomic E-state index is 6.34. The largest absolute Gasteiger partial charge is 0.351 e. The van der Waals surface area contributed by atoms with Crippen LogP contribution in [-0.2, 0) is 13.0 Å². The van der Waals surface area contributed by atoms with Gasteiger partial charge in [0.15, 0.2) is 0 Å². The summed E-state index contributed by atoms with van der Waals surface area (Å²) in [5, 5.41) is 0. The fourth-order valence-corrected chi connectivity index (χ4v) is 3.92. The van der Waals surface area contributed by atoms with Crippen LogP contribution in [0.3, 0.4) is 0 Å². The molecule has 0 spiro atoms. The van der Waals surface area contributed by atoms with E-state index in [4.69, 9.17) is 5.73 Å². The summed E-state index contributed by atoms with van der Waals surface area (Å²) in [4.78, 5) is 2.44. The fourth-order valence-electron chi connectivity index (χ4n) is 3.92. The van der Waals surface area contributed by atoms with Crippen LogP contribution in [0.2, 0.25) is 0 Å². The van der Waals surface area contributed by atoms with Crippen LogP contribution in [0.5, 0.6) is 0 Å². The number of likely N-dealkylation sites (tertiary alicyclic amines) is 1. The summed E-state index contributed by atoms with van der Waals surface area (Å²) in [6.45, 7) is 8.34. The van der Waals surface area contributed by atoms with Gasteiger partial charge in [-0.25, -0.2) is 0 Å². The Balaban J connectivity index is 1.81. The van der Waals surface area contributed by atoms with Crippen molar-refractivity contribution in [3.63, 3.8) is 0 Å². The van der Waals surface area contributed by atoms with Gasteiger partial charge >= 0.3 is 0 Å². The molecule has 1 aromatic rings. The molecular formula is C16H27N3. The zero-order valence-corrected chi connectivity index (χ0v) is 12.5. The summed E-state index contributed by atoms with van der Waals surface area (Å²) in [5.74, 6) is 0.808. The summed E-state index contributed by atoms with van der Waals surface area (Å²) < 4.78 is 2.49. The first-order chi connectivity index (χ1) is 8.94. The van der Waals surface area contributed by atoms with Crippen molar-refractivity contribution in [3.8, 4) is 0 Å². The Labute approximate surface area is 116 Å². The molecule has 1 fully saturated rings. The number of rotatable bonds is 2. The van der Waals surface area contributed by atoms with Gasteiger partial charge in [0, 0.05) is 31.0 Å². The summed E-state index contributed by atoms with van der Waals surface area (Å²) in [5.41, 5.74) is 9.58. The predicted molar refractivity (Wildman–Crippen MR) is 79.1 cm³/mol. The molecule has 19 heavy (non-hydrogen) atoms. The third kappa shape index (κ3) is 2.59. The highest BCUT2D eigenvalue weighted by molar-refractivity contribution is 5.30. The number of hydrogen-bond donors (Lipinski definition) is 1. The lowest BCUT2D eigenvalue weighted by Crippen LogP contribution is -2.31. The molecule has 2 atom stereocenters. The second-order valence-electron chi connectivity index (χ2n) is 7.44. The van der Waals surface area contributed by atoms with Crippen LogP contribution in [-0.4, -0.2) is 29.6 Å². The van der Waals surface area contributed by atoms with E-state index >= 15 is 0 Å². The van der Waals surface area contributed by atoms with Crippen molar-refractivity contribution in [1.29, 1.82) is 0 Å². The van der Waals surface area contributed by atoms with E-state index in [0.29, 0.717) is 5.41 Å². The second-order valence-corrected chi connectivity index (χ2v) is 7.44. The summed E-state index contributed by atoms with van der Waals surface area (Å²) in [6, 6.07) is 2.49. The van der Waals surface area contributed by atoms with E-state index < -0.39 is 0 Å². The minimum absolute atomic E-state index is 0.228. The maximum Gasteiger partial charge on any atom is 0.0318 e. The van der Waals surface area contributed by atoms with Crippen LogP contribution >= 0.6 is 0 Å². The van der Waals surface area contributed by atoms with E-state index in [1.165, 1.54) is 43.7 Å². The van der Waals surface area contributed by atoms with Crippen molar-refractivity contribution in [2.45, 2.75) is 45.7 Å². The van der Waals surface area contributed by atoms with Gasteiger partial charge in [0.05, 0.1) is 0 Å². The average Bonchev–Trinajstić information content (AvgIpc) is 2.86. The first-order valence-corrected chi connectivity index (χ1v) is 7.57. The third-order valence-electron chi connectivity index (χ3n) is 4.88. The van der Waals surface area contributed by atoms with Gasteiger partial charge in [-0.3, -0.25) is 0 Å². The number of aromatic nitrogens is 1. The van der Waals surface area contributed by atoms with Crippen molar-refractivity contribution >= 4 is 0 Å². The average molecular weight is 261 g/mol. The van der Waals surface area contributed by atoms with E-state index in [9.17, 15) is 0 Å². The van der Waals surface area contributed by atoms with E-state index in [-0.39, 0.29) is 6.04 Å². The third-order valence-corrected chi connectivity index (χ3v) is 4.88. The van der Waals surface area contributed by atoms with Gasteiger partial charge in [0.25, 0.3) is 0 Å². The molecule has 0 amide bonds. The molecule has 2 unspecified atom stereocenters. The first-order valence-electron chi connectivity index (χ1n) is 7.57. The number of hydrogen-bond acceptors (Lipinski definition) is 2. The normalized spacial score (nSPS) is 30.5. The summed E-state index contributed by atoms with van der Waals surface area (Å²) in [7, 11) is 2.23. The molecule has 0 aromatic carbocycles. The quantitative estimate of drug-likeness (QED) is 0.887. The Morgan fingerprint density at radius 3 is 2.89 bits per heavy atom. The Kier molecular flexibility index (Phi) is 3.22. The van der Waals surface area contributed by atoms with Gasteiger partial charge < -0.3 is 15.2 Å². The van der Waals surface area contributed by atoms with Crippen LogP contribution in [0.4, 0.5) is 0 Å². The standard InChI is InChI=1S/C16H27N3/c1-16(2)8-14(17)13-5-7-19(15(13)9-16)11-12-4-6-18(3)10-12/h5,7,12,14H,4,6,8-11,17H2,1-3H3. The van der Waals surface area contributed by atoms with Gasteiger partial charge in [0.1, 0.15) is 0 Å². The molecule has 3 nitrogen and oxygen atoms in total. The molecule has 1 saturated heterocycles. The zero-order chi connectivity index (χ0) is 13.6. The van der Waals surface area contributed by atoms with Crippen LogP contribution in [0, 0.1) is 11.3 Å². The van der Waals surface area contributed by atoms with Crippen molar-refractivity contribution in [2.24, 2.45) is 17.1 Å². The van der Waals surface area contributed by atoms with Crippen molar-refractivity contribution in [2.75, 3.05) is 20.1 Å². The van der Waals surface area contributed by atoms with Crippen LogP contribution in [0.15, 0.2) is 12.3 Å². The molecule has 0 saturated carbocycles. The molecule has 3 heteroatoms. The zero-order valence-electron chi connectivity index (χ0n) is 12.5. The van der Waals surface area contributed by atoms with Crippen LogP contribution in [0.25, 0.3) is 0 Å². The van der Waals surface area contributed by atoms with Gasteiger partial charge in [-0.2, -0.15) is 0 Å². The molecule has 2 N–H and O–H groups in total. The number of nitrogens with two attached hydrogens (primary N) is 1. The number of nitrogens with zero attached hydrogens (tertiary/aromatic N) is 2. The van der Waals surface area contributed by atoms with Crippen LogP contribution in [0.1, 0.15) is 44.0 Å². The minimum Gasteiger partial charge on any atom is -0.351 e. The smallest absolute Gasteiger partial charge is 0.0318 e. The summed E-state index contributed by atoms with van der Waals surface area (Å²) >= 11 is 0. The van der Waals surface area contributed by atoms with Crippen molar-refractivity contribution in [3.05, 3.63) is 23.5 Å². The van der Waals surface area contributed by atoms with Crippen LogP contribution < -0.4 is 5.73 Å². The van der Waals surface area contributed by atoms with Gasteiger partial charge in [-0.1, -0.05) is 13.8 Å². The molecular weight excluding hydrogens is 234 g/mol. The highest BCUT2D eigenvalue weighted by atomic mass is 15.1. The predicted octanol–water partition coefficient (Wildman–Crippen LogP) is 2.41. The molecule has 0 bridgehead atoms. The molecule has 2 aliphatic rings. The number of fused-ring (bicyclic) bond motifs is 1. The van der Waals surface area contributed by atoms with Crippen molar-refractivity contribution in [1.82, 2.24) is 9.47 Å². The fraction of sp³-hybridized carbons (Fsp3) is 0.750. The lowest BCUT2D eigenvalue weighted by molar-refractivity contribution is 0.272. The molecule has 106 valence electrons. The highest BCUT2D eigenvalue weighted by Crippen LogP contribution is 2.40. The van der Waals surface area contributed by atoms with E-state index in [2.05, 4.69) is 42.6 Å². The van der Waals surface area contributed by atoms with E-state index in [1.807, 2.05) is 0 Å².